The van der Waals surface area contributed by atoms with E-state index in [9.17, 15) is 13.2 Å². The molecule has 0 bridgehead atoms. The van der Waals surface area contributed by atoms with E-state index in [-0.39, 0.29) is 19.8 Å². The topological polar surface area (TPSA) is 44.5 Å². The second-order valence-corrected chi connectivity index (χ2v) is 3.55. The molecule has 0 fully saturated rings. The average molecular weight is 273 g/mol. The molecule has 1 aromatic carbocycles. The normalized spacial score (nSPS) is 10.7. The van der Waals surface area contributed by atoms with Gasteiger partial charge in [-0.25, -0.2) is 0 Å². The Morgan fingerprint density at radius 3 is 2.68 bits per heavy atom. The van der Waals surface area contributed by atoms with Crippen molar-refractivity contribution in [3.63, 3.8) is 0 Å². The highest BCUT2D eigenvalue weighted by molar-refractivity contribution is 5.39. The van der Waals surface area contributed by atoms with Crippen molar-refractivity contribution >= 4 is 0 Å². The van der Waals surface area contributed by atoms with Gasteiger partial charge in [0.15, 0.2) is 0 Å². The molecule has 3 nitrogen and oxygen atoms in total. The summed E-state index contributed by atoms with van der Waals surface area (Å²) in [5.74, 6) is 6.06. The summed E-state index contributed by atoms with van der Waals surface area (Å²) < 4.78 is 45.0. The molecule has 104 valence electrons. The van der Waals surface area contributed by atoms with Gasteiger partial charge >= 0.3 is 6.18 Å². The standard InChI is InChI=1S/C13H14F3NO2/c14-13(15,16)10-18-7-8-19-12-5-1-3-11(9-12)4-2-6-17/h1,3,5,9H,6-8,10,17H2. The summed E-state index contributed by atoms with van der Waals surface area (Å²) in [6.45, 7) is -1.09. The van der Waals surface area contributed by atoms with Crippen molar-refractivity contribution < 1.29 is 22.6 Å². The van der Waals surface area contributed by atoms with Crippen LogP contribution in [0.2, 0.25) is 0 Å². The lowest BCUT2D eigenvalue weighted by Gasteiger charge is -2.09. The van der Waals surface area contributed by atoms with E-state index in [4.69, 9.17) is 10.5 Å². The number of halogens is 3. The molecular formula is C13H14F3NO2. The maximum absolute atomic E-state index is 11.8. The zero-order valence-electron chi connectivity index (χ0n) is 10.2. The predicted molar refractivity (Wildman–Crippen MR) is 64.7 cm³/mol. The minimum absolute atomic E-state index is 0.0455. The summed E-state index contributed by atoms with van der Waals surface area (Å²) >= 11 is 0. The Morgan fingerprint density at radius 2 is 2.00 bits per heavy atom. The lowest BCUT2D eigenvalue weighted by Crippen LogP contribution is -2.19. The molecule has 1 aromatic rings. The third-order valence-electron chi connectivity index (χ3n) is 1.93. The molecule has 0 spiro atoms. The number of benzene rings is 1. The van der Waals surface area contributed by atoms with Gasteiger partial charge in [-0.1, -0.05) is 17.9 Å². The highest BCUT2D eigenvalue weighted by Gasteiger charge is 2.27. The predicted octanol–water partition coefficient (Wildman–Crippen LogP) is 1.95. The van der Waals surface area contributed by atoms with E-state index in [1.807, 2.05) is 0 Å². The molecule has 0 aliphatic carbocycles. The first-order valence-corrected chi connectivity index (χ1v) is 5.57. The van der Waals surface area contributed by atoms with E-state index in [0.29, 0.717) is 5.75 Å². The van der Waals surface area contributed by atoms with Crippen LogP contribution in [0, 0.1) is 11.8 Å². The Bertz CT molecular complexity index is 449. The van der Waals surface area contributed by atoms with Crippen molar-refractivity contribution in [2.75, 3.05) is 26.4 Å². The van der Waals surface area contributed by atoms with Gasteiger partial charge in [0.1, 0.15) is 19.0 Å². The Kier molecular flexibility index (Phi) is 6.19. The summed E-state index contributed by atoms with van der Waals surface area (Å²) in [6, 6.07) is 6.91. The van der Waals surface area contributed by atoms with Crippen LogP contribution in [0.1, 0.15) is 5.56 Å². The van der Waals surface area contributed by atoms with Gasteiger partial charge in [-0.15, -0.1) is 0 Å². The van der Waals surface area contributed by atoms with E-state index in [0.717, 1.165) is 5.56 Å². The Hall–Kier alpha value is -1.71. The number of alkyl halides is 3. The summed E-state index contributed by atoms with van der Waals surface area (Å²) in [5.41, 5.74) is 5.99. The summed E-state index contributed by atoms with van der Waals surface area (Å²) in [7, 11) is 0. The van der Waals surface area contributed by atoms with Crippen molar-refractivity contribution in [1.29, 1.82) is 0 Å². The number of hydrogen-bond acceptors (Lipinski definition) is 3. The number of nitrogens with two attached hydrogens (primary N) is 1. The average Bonchev–Trinajstić information content (AvgIpc) is 2.35. The van der Waals surface area contributed by atoms with Crippen LogP contribution in [0.5, 0.6) is 5.75 Å². The lowest BCUT2D eigenvalue weighted by molar-refractivity contribution is -0.175. The molecule has 19 heavy (non-hydrogen) atoms. The second-order valence-electron chi connectivity index (χ2n) is 3.55. The van der Waals surface area contributed by atoms with Crippen LogP contribution in [-0.2, 0) is 4.74 Å². The molecule has 0 aliphatic rings. The fourth-order valence-corrected chi connectivity index (χ4v) is 1.22. The maximum atomic E-state index is 11.8. The highest BCUT2D eigenvalue weighted by atomic mass is 19.4. The molecule has 0 saturated carbocycles. The van der Waals surface area contributed by atoms with Gasteiger partial charge in [0.25, 0.3) is 0 Å². The van der Waals surface area contributed by atoms with E-state index in [2.05, 4.69) is 16.6 Å². The zero-order valence-corrected chi connectivity index (χ0v) is 10.2. The van der Waals surface area contributed by atoms with Crippen molar-refractivity contribution in [2.24, 2.45) is 5.73 Å². The summed E-state index contributed by atoms with van der Waals surface area (Å²) in [6.07, 6.45) is -4.31. The Morgan fingerprint density at radius 1 is 1.21 bits per heavy atom. The van der Waals surface area contributed by atoms with E-state index < -0.39 is 12.8 Å². The fourth-order valence-electron chi connectivity index (χ4n) is 1.22. The fraction of sp³-hybridized carbons (Fsp3) is 0.385. The Balaban J connectivity index is 2.33. The van der Waals surface area contributed by atoms with Crippen molar-refractivity contribution in [2.45, 2.75) is 6.18 Å². The molecule has 0 heterocycles. The summed E-state index contributed by atoms with van der Waals surface area (Å²) in [4.78, 5) is 0. The van der Waals surface area contributed by atoms with E-state index in [1.165, 1.54) is 0 Å². The molecular weight excluding hydrogens is 259 g/mol. The molecule has 1 rings (SSSR count). The molecule has 0 radical (unpaired) electrons. The minimum Gasteiger partial charge on any atom is -0.491 e. The van der Waals surface area contributed by atoms with Crippen LogP contribution >= 0.6 is 0 Å². The van der Waals surface area contributed by atoms with Gasteiger partial charge < -0.3 is 15.2 Å². The smallest absolute Gasteiger partial charge is 0.411 e. The first-order valence-electron chi connectivity index (χ1n) is 5.57. The molecule has 0 unspecified atom stereocenters. The number of hydrogen-bond donors (Lipinski definition) is 1. The molecule has 0 aliphatic heterocycles. The van der Waals surface area contributed by atoms with Gasteiger partial charge in [0.2, 0.25) is 0 Å². The highest BCUT2D eigenvalue weighted by Crippen LogP contribution is 2.15. The van der Waals surface area contributed by atoms with Gasteiger partial charge in [-0.05, 0) is 18.2 Å². The van der Waals surface area contributed by atoms with E-state index >= 15 is 0 Å². The molecule has 0 saturated heterocycles. The van der Waals surface area contributed by atoms with Gasteiger partial charge in [0, 0.05) is 5.56 Å². The third kappa shape index (κ3) is 7.34. The molecule has 0 atom stereocenters. The molecule has 0 aromatic heterocycles. The van der Waals surface area contributed by atoms with Gasteiger partial charge in [-0.3, -0.25) is 0 Å². The van der Waals surface area contributed by atoms with Crippen LogP contribution < -0.4 is 10.5 Å². The van der Waals surface area contributed by atoms with Crippen molar-refractivity contribution in [3.8, 4) is 17.6 Å². The lowest BCUT2D eigenvalue weighted by atomic mass is 10.2. The van der Waals surface area contributed by atoms with Gasteiger partial charge in [0.05, 0.1) is 13.2 Å². The number of ether oxygens (including phenoxy) is 2. The number of rotatable bonds is 5. The van der Waals surface area contributed by atoms with Crippen LogP contribution in [-0.4, -0.2) is 32.5 Å². The van der Waals surface area contributed by atoms with E-state index in [1.54, 1.807) is 24.3 Å². The first kappa shape index (κ1) is 15.3. The monoisotopic (exact) mass is 273 g/mol. The van der Waals surface area contributed by atoms with Crippen molar-refractivity contribution in [1.82, 2.24) is 0 Å². The quantitative estimate of drug-likeness (QED) is 0.659. The van der Waals surface area contributed by atoms with Crippen LogP contribution in [0.25, 0.3) is 0 Å². The minimum atomic E-state index is -4.31. The molecule has 0 amide bonds. The van der Waals surface area contributed by atoms with Crippen LogP contribution in [0.4, 0.5) is 13.2 Å². The molecule has 2 N–H and O–H groups in total. The Labute approximate surface area is 109 Å². The van der Waals surface area contributed by atoms with Crippen LogP contribution in [0.3, 0.4) is 0 Å². The van der Waals surface area contributed by atoms with Gasteiger partial charge in [-0.2, -0.15) is 13.2 Å². The third-order valence-corrected chi connectivity index (χ3v) is 1.93. The SMILES string of the molecule is NCC#Cc1cccc(OCCOCC(F)(F)F)c1. The second kappa shape index (κ2) is 7.67. The molecule has 6 heteroatoms. The van der Waals surface area contributed by atoms with Crippen molar-refractivity contribution in [3.05, 3.63) is 29.8 Å². The maximum Gasteiger partial charge on any atom is 0.411 e. The largest absolute Gasteiger partial charge is 0.491 e. The zero-order chi connectivity index (χ0) is 14.1. The van der Waals surface area contributed by atoms with Crippen LogP contribution in [0.15, 0.2) is 24.3 Å². The summed E-state index contributed by atoms with van der Waals surface area (Å²) in [5, 5.41) is 0. The first-order chi connectivity index (χ1) is 9.01.